The van der Waals surface area contributed by atoms with E-state index in [0.717, 1.165) is 12.1 Å². The quantitative estimate of drug-likeness (QED) is 0.844. The first-order valence-electron chi connectivity index (χ1n) is 5.61. The maximum atomic E-state index is 13.5. The largest absolute Gasteiger partial charge is 0.465 e. The topological polar surface area (TPSA) is 46.5 Å². The van der Waals surface area contributed by atoms with E-state index >= 15 is 0 Å². The smallest absolute Gasteiger partial charge is 0.314 e. The molecule has 0 aliphatic rings. The first-order chi connectivity index (χ1) is 8.30. The average molecular weight is 258 g/mol. The molecule has 0 saturated heterocycles. The fourth-order valence-electron chi connectivity index (χ4n) is 1.54. The first-order valence-corrected chi connectivity index (χ1v) is 5.61. The second kappa shape index (κ2) is 5.44. The molecule has 1 atom stereocenters. The Labute approximate surface area is 104 Å². The maximum absolute atomic E-state index is 13.5. The lowest BCUT2D eigenvalue weighted by Gasteiger charge is -2.28. The molecule has 0 radical (unpaired) electrons. The summed E-state index contributed by atoms with van der Waals surface area (Å²) < 4.78 is 31.1. The van der Waals surface area contributed by atoms with Crippen LogP contribution in [0.3, 0.4) is 0 Å². The van der Waals surface area contributed by atoms with Crippen molar-refractivity contribution >= 4 is 5.97 Å². The third-order valence-corrected chi connectivity index (χ3v) is 2.74. The van der Waals surface area contributed by atoms with Crippen molar-refractivity contribution in [2.45, 2.75) is 26.9 Å². The monoisotopic (exact) mass is 258 g/mol. The van der Waals surface area contributed by atoms with Crippen molar-refractivity contribution < 1.29 is 23.4 Å². The van der Waals surface area contributed by atoms with Gasteiger partial charge in [0.15, 0.2) is 0 Å². The summed E-state index contributed by atoms with van der Waals surface area (Å²) in [6.07, 6.45) is -1.41. The Morgan fingerprint density at radius 1 is 1.44 bits per heavy atom. The molecule has 0 bridgehead atoms. The van der Waals surface area contributed by atoms with E-state index in [2.05, 4.69) is 0 Å². The Bertz CT molecular complexity index is 444. The van der Waals surface area contributed by atoms with E-state index < -0.39 is 29.1 Å². The highest BCUT2D eigenvalue weighted by atomic mass is 19.1. The van der Waals surface area contributed by atoms with Gasteiger partial charge in [0.05, 0.1) is 18.1 Å². The van der Waals surface area contributed by atoms with Gasteiger partial charge in [-0.15, -0.1) is 0 Å². The summed E-state index contributed by atoms with van der Waals surface area (Å²) in [5.74, 6) is -2.27. The number of carbonyl (C=O) groups excluding carboxylic acids is 1. The maximum Gasteiger partial charge on any atom is 0.314 e. The number of halogens is 2. The molecule has 0 aromatic heterocycles. The van der Waals surface area contributed by atoms with Gasteiger partial charge >= 0.3 is 5.97 Å². The first kappa shape index (κ1) is 14.6. The molecule has 5 heteroatoms. The van der Waals surface area contributed by atoms with Gasteiger partial charge in [0.2, 0.25) is 0 Å². The molecule has 1 unspecified atom stereocenters. The fraction of sp³-hybridized carbons (Fsp3) is 0.462. The van der Waals surface area contributed by atoms with Crippen molar-refractivity contribution in [3.05, 3.63) is 35.4 Å². The number of benzene rings is 1. The van der Waals surface area contributed by atoms with Crippen LogP contribution in [0.15, 0.2) is 18.2 Å². The molecular formula is C13H16F2O3. The fourth-order valence-corrected chi connectivity index (χ4v) is 1.54. The molecule has 0 spiro atoms. The Hall–Kier alpha value is -1.49. The summed E-state index contributed by atoms with van der Waals surface area (Å²) in [6.45, 7) is 4.69. The van der Waals surface area contributed by atoms with Crippen LogP contribution < -0.4 is 0 Å². The lowest BCUT2D eigenvalue weighted by Crippen LogP contribution is -2.33. The second-order valence-corrected chi connectivity index (χ2v) is 4.51. The van der Waals surface area contributed by atoms with E-state index in [-0.39, 0.29) is 12.2 Å². The van der Waals surface area contributed by atoms with E-state index in [1.807, 2.05) is 0 Å². The van der Waals surface area contributed by atoms with Gasteiger partial charge in [0.1, 0.15) is 11.6 Å². The lowest BCUT2D eigenvalue weighted by atomic mass is 9.82. The molecule has 0 saturated carbocycles. The number of aliphatic hydroxyl groups is 1. The standard InChI is InChI=1S/C13H16F2O3/c1-4-18-12(17)13(2,3)11(16)9-6-5-8(14)7-10(9)15/h5-7,11,16H,4H2,1-3H3. The number of aliphatic hydroxyl groups excluding tert-OH is 1. The molecule has 0 aliphatic heterocycles. The van der Waals surface area contributed by atoms with Crippen LogP contribution in [0.4, 0.5) is 8.78 Å². The van der Waals surface area contributed by atoms with E-state index in [4.69, 9.17) is 4.74 Å². The molecular weight excluding hydrogens is 242 g/mol. The van der Waals surface area contributed by atoms with Crippen LogP contribution in [0, 0.1) is 17.0 Å². The Morgan fingerprint density at radius 2 is 2.06 bits per heavy atom. The van der Waals surface area contributed by atoms with Crippen LogP contribution in [0.1, 0.15) is 32.4 Å². The number of esters is 1. The normalized spacial score (nSPS) is 13.2. The average Bonchev–Trinajstić information content (AvgIpc) is 2.28. The van der Waals surface area contributed by atoms with Crippen molar-refractivity contribution in [3.8, 4) is 0 Å². The van der Waals surface area contributed by atoms with Crippen LogP contribution >= 0.6 is 0 Å². The zero-order chi connectivity index (χ0) is 13.9. The highest BCUT2D eigenvalue weighted by Gasteiger charge is 2.39. The molecule has 0 fully saturated rings. The SMILES string of the molecule is CCOC(=O)C(C)(C)C(O)c1ccc(F)cc1F. The molecule has 100 valence electrons. The minimum Gasteiger partial charge on any atom is -0.465 e. The molecule has 0 aliphatic carbocycles. The summed E-state index contributed by atoms with van der Waals surface area (Å²) in [6, 6.07) is 2.82. The van der Waals surface area contributed by atoms with Crippen LogP contribution in [-0.2, 0) is 9.53 Å². The molecule has 3 nitrogen and oxygen atoms in total. The number of carbonyl (C=O) groups is 1. The number of rotatable bonds is 4. The van der Waals surface area contributed by atoms with E-state index in [9.17, 15) is 18.7 Å². The van der Waals surface area contributed by atoms with E-state index in [1.165, 1.54) is 13.8 Å². The van der Waals surface area contributed by atoms with Crippen molar-refractivity contribution in [2.75, 3.05) is 6.61 Å². The van der Waals surface area contributed by atoms with E-state index in [1.54, 1.807) is 6.92 Å². The van der Waals surface area contributed by atoms with Gasteiger partial charge < -0.3 is 9.84 Å². The molecule has 1 N–H and O–H groups in total. The van der Waals surface area contributed by atoms with Crippen molar-refractivity contribution in [1.29, 1.82) is 0 Å². The summed E-state index contributed by atoms with van der Waals surface area (Å²) in [7, 11) is 0. The summed E-state index contributed by atoms with van der Waals surface area (Å²) in [5.41, 5.74) is -1.44. The summed E-state index contributed by atoms with van der Waals surface area (Å²) in [4.78, 5) is 11.7. The Morgan fingerprint density at radius 3 is 2.56 bits per heavy atom. The van der Waals surface area contributed by atoms with Gasteiger partial charge in [-0.2, -0.15) is 0 Å². The lowest BCUT2D eigenvalue weighted by molar-refractivity contribution is -0.160. The van der Waals surface area contributed by atoms with Crippen molar-refractivity contribution in [3.63, 3.8) is 0 Å². The van der Waals surface area contributed by atoms with Crippen molar-refractivity contribution in [2.24, 2.45) is 5.41 Å². The van der Waals surface area contributed by atoms with Crippen LogP contribution in [0.25, 0.3) is 0 Å². The molecule has 0 amide bonds. The van der Waals surface area contributed by atoms with Gasteiger partial charge in [0, 0.05) is 11.6 Å². The Balaban J connectivity index is 3.05. The number of ether oxygens (including phenoxy) is 1. The molecule has 18 heavy (non-hydrogen) atoms. The predicted molar refractivity (Wildman–Crippen MR) is 61.7 cm³/mol. The van der Waals surface area contributed by atoms with Gasteiger partial charge in [-0.25, -0.2) is 8.78 Å². The molecule has 1 aromatic rings. The predicted octanol–water partition coefficient (Wildman–Crippen LogP) is 2.59. The summed E-state index contributed by atoms with van der Waals surface area (Å²) >= 11 is 0. The highest BCUT2D eigenvalue weighted by molar-refractivity contribution is 5.77. The summed E-state index contributed by atoms with van der Waals surface area (Å²) in [5, 5.41) is 10.1. The minimum absolute atomic E-state index is 0.130. The minimum atomic E-state index is -1.41. The van der Waals surface area contributed by atoms with Crippen LogP contribution in [0.5, 0.6) is 0 Å². The van der Waals surface area contributed by atoms with E-state index in [0.29, 0.717) is 6.07 Å². The zero-order valence-corrected chi connectivity index (χ0v) is 10.5. The van der Waals surface area contributed by atoms with Gasteiger partial charge in [0.25, 0.3) is 0 Å². The third-order valence-electron chi connectivity index (χ3n) is 2.74. The Kier molecular flexibility index (Phi) is 4.40. The highest BCUT2D eigenvalue weighted by Crippen LogP contribution is 2.35. The molecule has 1 aromatic carbocycles. The number of hydrogen-bond acceptors (Lipinski definition) is 3. The van der Waals surface area contributed by atoms with Gasteiger partial charge in [-0.3, -0.25) is 4.79 Å². The molecule has 1 rings (SSSR count). The van der Waals surface area contributed by atoms with Crippen LogP contribution in [0.2, 0.25) is 0 Å². The molecule has 0 heterocycles. The zero-order valence-electron chi connectivity index (χ0n) is 10.5. The third kappa shape index (κ3) is 2.85. The van der Waals surface area contributed by atoms with Gasteiger partial charge in [-0.1, -0.05) is 6.07 Å². The second-order valence-electron chi connectivity index (χ2n) is 4.51. The van der Waals surface area contributed by atoms with Crippen LogP contribution in [-0.4, -0.2) is 17.7 Å². The number of hydrogen-bond donors (Lipinski definition) is 1. The van der Waals surface area contributed by atoms with Crippen molar-refractivity contribution in [1.82, 2.24) is 0 Å². The van der Waals surface area contributed by atoms with Gasteiger partial charge in [-0.05, 0) is 26.8 Å².